The SMILES string of the molecule is CC(C)c1ccc(O)c(-c2nc3c(-c4[c-]c(-c5cc(C(C)(C)C)cc6cccnc56)ccc4)cccc3n2-c2ccc(C(C)(C)C)cc2)c1.[Pt]. The fourth-order valence-electron chi connectivity index (χ4n) is 6.57. The van der Waals surface area contributed by atoms with Gasteiger partial charge in [-0.3, -0.25) is 9.55 Å². The van der Waals surface area contributed by atoms with Gasteiger partial charge in [-0.2, -0.15) is 0 Å². The summed E-state index contributed by atoms with van der Waals surface area (Å²) in [6.45, 7) is 17.7. The van der Waals surface area contributed by atoms with Crippen LogP contribution in [0.4, 0.5) is 0 Å². The van der Waals surface area contributed by atoms with Crippen molar-refractivity contribution in [2.45, 2.75) is 72.1 Å². The average Bonchev–Trinajstić information content (AvgIpc) is 3.47. The second-order valence-electron chi connectivity index (χ2n) is 15.5. The fraction of sp³-hybridized carbons (Fsp3) is 0.244. The van der Waals surface area contributed by atoms with E-state index in [2.05, 4.69) is 151 Å². The van der Waals surface area contributed by atoms with Crippen LogP contribution in [-0.2, 0) is 31.9 Å². The van der Waals surface area contributed by atoms with Crippen molar-refractivity contribution < 1.29 is 26.2 Å². The van der Waals surface area contributed by atoms with Crippen molar-refractivity contribution in [3.8, 4) is 45.1 Å². The Balaban J connectivity index is 0.00000432. The van der Waals surface area contributed by atoms with Crippen molar-refractivity contribution in [1.82, 2.24) is 14.5 Å². The minimum Gasteiger partial charge on any atom is -0.507 e. The van der Waals surface area contributed by atoms with E-state index in [4.69, 9.17) is 9.97 Å². The summed E-state index contributed by atoms with van der Waals surface area (Å²) >= 11 is 0. The van der Waals surface area contributed by atoms with Crippen LogP contribution in [0.25, 0.3) is 61.3 Å². The van der Waals surface area contributed by atoms with Crippen molar-refractivity contribution in [3.05, 3.63) is 132 Å². The van der Waals surface area contributed by atoms with E-state index in [9.17, 15) is 5.11 Å². The Labute approximate surface area is 310 Å². The number of imidazole rings is 1. The van der Waals surface area contributed by atoms with Gasteiger partial charge in [0, 0.05) is 38.5 Å². The number of benzene rings is 5. The van der Waals surface area contributed by atoms with Crippen LogP contribution in [0.15, 0.2) is 109 Å². The van der Waals surface area contributed by atoms with E-state index < -0.39 is 0 Å². The molecule has 0 aliphatic carbocycles. The van der Waals surface area contributed by atoms with E-state index in [1.165, 1.54) is 11.1 Å². The Kier molecular flexibility index (Phi) is 9.39. The smallest absolute Gasteiger partial charge is 0.148 e. The van der Waals surface area contributed by atoms with Gasteiger partial charge in [-0.15, -0.1) is 35.4 Å². The molecule has 0 spiro atoms. The van der Waals surface area contributed by atoms with Gasteiger partial charge in [0.25, 0.3) is 0 Å². The molecule has 7 aromatic rings. The molecule has 2 heterocycles. The van der Waals surface area contributed by atoms with Gasteiger partial charge in [-0.25, -0.2) is 4.98 Å². The van der Waals surface area contributed by atoms with E-state index in [0.717, 1.165) is 55.4 Å². The van der Waals surface area contributed by atoms with Crippen LogP contribution in [0.5, 0.6) is 5.75 Å². The molecule has 2 aromatic heterocycles. The largest absolute Gasteiger partial charge is 0.507 e. The fourth-order valence-corrected chi connectivity index (χ4v) is 6.57. The molecule has 0 atom stereocenters. The van der Waals surface area contributed by atoms with E-state index >= 15 is 0 Å². The number of hydrogen-bond donors (Lipinski definition) is 1. The van der Waals surface area contributed by atoms with Gasteiger partial charge < -0.3 is 5.11 Å². The van der Waals surface area contributed by atoms with E-state index in [1.54, 1.807) is 6.07 Å². The van der Waals surface area contributed by atoms with Crippen LogP contribution in [0.1, 0.15) is 78.0 Å². The molecule has 0 unspecified atom stereocenters. The zero-order valence-electron chi connectivity index (χ0n) is 30.1. The molecular formula is C45H44N3OPt-. The average molecular weight is 838 g/mol. The number of para-hydroxylation sites is 1. The van der Waals surface area contributed by atoms with Gasteiger partial charge in [-0.1, -0.05) is 115 Å². The van der Waals surface area contributed by atoms with Crippen molar-refractivity contribution >= 4 is 21.9 Å². The minimum absolute atomic E-state index is 0. The number of aromatic nitrogens is 3. The molecule has 5 heteroatoms. The molecule has 0 amide bonds. The zero-order valence-corrected chi connectivity index (χ0v) is 32.3. The van der Waals surface area contributed by atoms with Crippen molar-refractivity contribution in [2.24, 2.45) is 0 Å². The molecule has 0 saturated carbocycles. The maximum absolute atomic E-state index is 11.3. The summed E-state index contributed by atoms with van der Waals surface area (Å²) < 4.78 is 2.18. The normalized spacial score (nSPS) is 12.1. The molecule has 0 aliphatic rings. The Morgan fingerprint density at radius 2 is 1.34 bits per heavy atom. The monoisotopic (exact) mass is 837 g/mol. The molecule has 1 N–H and O–H groups in total. The second kappa shape index (κ2) is 13.3. The molecule has 0 aliphatic heterocycles. The van der Waals surface area contributed by atoms with E-state index in [1.807, 2.05) is 18.3 Å². The molecule has 50 heavy (non-hydrogen) atoms. The quantitative estimate of drug-likeness (QED) is 0.176. The number of fused-ring (bicyclic) bond motifs is 2. The summed E-state index contributed by atoms with van der Waals surface area (Å²) in [5, 5.41) is 12.4. The summed E-state index contributed by atoms with van der Waals surface area (Å²) in [6, 6.07) is 39.6. The van der Waals surface area contributed by atoms with Gasteiger partial charge in [0.05, 0.1) is 16.6 Å². The number of nitrogens with zero attached hydrogens (tertiary/aromatic N) is 3. The van der Waals surface area contributed by atoms with Crippen molar-refractivity contribution in [3.63, 3.8) is 0 Å². The van der Waals surface area contributed by atoms with Gasteiger partial charge in [0.2, 0.25) is 0 Å². The standard InChI is InChI=1S/C45H44N3O.Pt/c1-28(2)29-17-22-40(49)38(26-29)43-47-42-36(15-10-16-39(42)48(43)35-20-18-33(19-21-35)44(3,4)5)30-12-9-13-31(24-30)37-27-34(45(6,7)8)25-32-14-11-23-46-41(32)37;/h9-23,25-28,49H,1-8H3;/q-1;. The molecule has 5 aromatic carbocycles. The topological polar surface area (TPSA) is 50.9 Å². The predicted octanol–water partition coefficient (Wildman–Crippen LogP) is 11.8. The first-order valence-corrected chi connectivity index (χ1v) is 17.2. The maximum Gasteiger partial charge on any atom is 0.148 e. The summed E-state index contributed by atoms with van der Waals surface area (Å²) in [7, 11) is 0. The molecule has 0 bridgehead atoms. The molecule has 256 valence electrons. The second-order valence-corrected chi connectivity index (χ2v) is 15.5. The molecule has 7 rings (SSSR count). The third-order valence-corrected chi connectivity index (χ3v) is 9.55. The first-order chi connectivity index (χ1) is 23.3. The van der Waals surface area contributed by atoms with Gasteiger partial charge in [0.1, 0.15) is 11.6 Å². The summed E-state index contributed by atoms with van der Waals surface area (Å²) in [6.07, 6.45) is 1.86. The first-order valence-electron chi connectivity index (χ1n) is 17.2. The van der Waals surface area contributed by atoms with Crippen LogP contribution in [0.3, 0.4) is 0 Å². The van der Waals surface area contributed by atoms with Gasteiger partial charge in [-0.05, 0) is 75.2 Å². The molecule has 4 nitrogen and oxygen atoms in total. The maximum atomic E-state index is 11.3. The van der Waals surface area contributed by atoms with Crippen LogP contribution in [0.2, 0.25) is 0 Å². The summed E-state index contributed by atoms with van der Waals surface area (Å²) in [5.41, 5.74) is 12.2. The first kappa shape index (κ1) is 35.3. The van der Waals surface area contributed by atoms with Crippen molar-refractivity contribution in [1.29, 1.82) is 0 Å². The van der Waals surface area contributed by atoms with Gasteiger partial charge >= 0.3 is 0 Å². The van der Waals surface area contributed by atoms with Crippen LogP contribution in [-0.4, -0.2) is 19.6 Å². The van der Waals surface area contributed by atoms with Gasteiger partial charge in [0.15, 0.2) is 0 Å². The predicted molar refractivity (Wildman–Crippen MR) is 205 cm³/mol. The Morgan fingerprint density at radius 3 is 2.02 bits per heavy atom. The minimum atomic E-state index is -0.0191. The third kappa shape index (κ3) is 6.54. The summed E-state index contributed by atoms with van der Waals surface area (Å²) in [5.74, 6) is 1.22. The number of aromatic hydroxyl groups is 1. The Morgan fingerprint density at radius 1 is 0.660 bits per heavy atom. The summed E-state index contributed by atoms with van der Waals surface area (Å²) in [4.78, 5) is 10.1. The van der Waals surface area contributed by atoms with Crippen LogP contribution in [0, 0.1) is 6.07 Å². The molecular weight excluding hydrogens is 794 g/mol. The number of pyridine rings is 1. The Bertz CT molecular complexity index is 2340. The number of hydrogen-bond acceptors (Lipinski definition) is 3. The number of phenolic OH excluding ortho intramolecular Hbond substituents is 1. The van der Waals surface area contributed by atoms with Crippen LogP contribution < -0.4 is 0 Å². The molecule has 0 saturated heterocycles. The van der Waals surface area contributed by atoms with Crippen LogP contribution >= 0.6 is 0 Å². The molecule has 0 radical (unpaired) electrons. The van der Waals surface area contributed by atoms with E-state index in [-0.39, 0.29) is 37.6 Å². The van der Waals surface area contributed by atoms with Crippen molar-refractivity contribution in [2.75, 3.05) is 0 Å². The zero-order chi connectivity index (χ0) is 34.7. The third-order valence-electron chi connectivity index (χ3n) is 9.55. The molecule has 0 fully saturated rings. The number of rotatable bonds is 5. The van der Waals surface area contributed by atoms with E-state index in [0.29, 0.717) is 17.3 Å². The Hall–Kier alpha value is -4.53. The number of phenols is 1.